The predicted molar refractivity (Wildman–Crippen MR) is 110 cm³/mol. The molecular formula is C21H27N3O3. The lowest BCUT2D eigenvalue weighted by Gasteiger charge is -2.22. The Morgan fingerprint density at radius 3 is 2.15 bits per heavy atom. The number of anilines is 3. The average Bonchev–Trinajstić information content (AvgIpc) is 2.65. The molecule has 0 aliphatic carbocycles. The largest absolute Gasteiger partial charge is 0.497 e. The Kier molecular flexibility index (Phi) is 7.23. The second-order valence-corrected chi connectivity index (χ2v) is 6.17. The van der Waals surface area contributed by atoms with Gasteiger partial charge in [0.25, 0.3) is 0 Å². The molecule has 0 saturated heterocycles. The average molecular weight is 369 g/mol. The number of benzene rings is 2. The number of aryl methyl sites for hydroxylation is 1. The number of rotatable bonds is 8. The van der Waals surface area contributed by atoms with Gasteiger partial charge in [-0.15, -0.1) is 0 Å². The number of hydrogen-bond donors (Lipinski definition) is 2. The molecule has 0 radical (unpaired) electrons. The van der Waals surface area contributed by atoms with Crippen LogP contribution in [0.5, 0.6) is 5.75 Å². The Bertz CT molecular complexity index is 784. The zero-order chi connectivity index (χ0) is 19.8. The summed E-state index contributed by atoms with van der Waals surface area (Å²) < 4.78 is 5.07. The lowest BCUT2D eigenvalue weighted by atomic mass is 10.1. The molecule has 6 heteroatoms. The summed E-state index contributed by atoms with van der Waals surface area (Å²) in [7, 11) is 1.58. The van der Waals surface area contributed by atoms with Gasteiger partial charge in [0.1, 0.15) is 12.2 Å². The maximum Gasteiger partial charge on any atom is 0.233 e. The molecule has 0 aromatic heterocycles. The van der Waals surface area contributed by atoms with Crippen LogP contribution in [0.1, 0.15) is 25.8 Å². The lowest BCUT2D eigenvalue weighted by molar-refractivity contribution is -0.123. The Hall–Kier alpha value is -3.02. The monoisotopic (exact) mass is 369 g/mol. The minimum atomic E-state index is -0.366. The molecule has 27 heavy (non-hydrogen) atoms. The van der Waals surface area contributed by atoms with Crippen LogP contribution in [-0.2, 0) is 9.59 Å². The van der Waals surface area contributed by atoms with Crippen LogP contribution in [0.15, 0.2) is 42.5 Å². The van der Waals surface area contributed by atoms with Crippen LogP contribution in [0.3, 0.4) is 0 Å². The van der Waals surface area contributed by atoms with E-state index in [2.05, 4.69) is 29.4 Å². The summed E-state index contributed by atoms with van der Waals surface area (Å²) in [6, 6.07) is 12.8. The smallest absolute Gasteiger partial charge is 0.233 e. The topological polar surface area (TPSA) is 70.7 Å². The van der Waals surface area contributed by atoms with E-state index >= 15 is 0 Å². The normalized spacial score (nSPS) is 10.2. The third kappa shape index (κ3) is 5.74. The number of carbonyl (C=O) groups is 2. The Morgan fingerprint density at radius 1 is 0.963 bits per heavy atom. The van der Waals surface area contributed by atoms with E-state index in [1.54, 1.807) is 31.4 Å². The van der Waals surface area contributed by atoms with E-state index in [9.17, 15) is 9.59 Å². The van der Waals surface area contributed by atoms with Crippen molar-refractivity contribution in [2.45, 2.75) is 27.2 Å². The maximum atomic E-state index is 12.2. The molecule has 0 aliphatic rings. The second-order valence-electron chi connectivity index (χ2n) is 6.17. The molecule has 144 valence electrons. The first kappa shape index (κ1) is 20.3. The van der Waals surface area contributed by atoms with Crippen molar-refractivity contribution < 1.29 is 14.3 Å². The van der Waals surface area contributed by atoms with Crippen molar-refractivity contribution in [2.75, 3.05) is 35.7 Å². The summed E-state index contributed by atoms with van der Waals surface area (Å²) in [5.74, 6) is -0.0100. The number of methoxy groups -OCH3 is 1. The SMILES string of the molecule is CCN(CC)c1ccc(NC(=O)CC(=O)Nc2ccc(OC)cc2)c(C)c1. The molecule has 2 amide bonds. The van der Waals surface area contributed by atoms with Gasteiger partial charge in [0.2, 0.25) is 11.8 Å². The van der Waals surface area contributed by atoms with Crippen LogP contribution >= 0.6 is 0 Å². The van der Waals surface area contributed by atoms with Crippen molar-refractivity contribution in [3.63, 3.8) is 0 Å². The molecule has 6 nitrogen and oxygen atoms in total. The quantitative estimate of drug-likeness (QED) is 0.694. The highest BCUT2D eigenvalue weighted by Crippen LogP contribution is 2.23. The molecular weight excluding hydrogens is 342 g/mol. The molecule has 2 aromatic carbocycles. The van der Waals surface area contributed by atoms with Crippen LogP contribution in [0.2, 0.25) is 0 Å². The maximum absolute atomic E-state index is 12.2. The Morgan fingerprint density at radius 2 is 1.59 bits per heavy atom. The van der Waals surface area contributed by atoms with Gasteiger partial charge in [0, 0.05) is 30.2 Å². The van der Waals surface area contributed by atoms with E-state index in [1.807, 2.05) is 25.1 Å². The van der Waals surface area contributed by atoms with Crippen LogP contribution < -0.4 is 20.3 Å². The van der Waals surface area contributed by atoms with Gasteiger partial charge in [-0.25, -0.2) is 0 Å². The zero-order valence-electron chi connectivity index (χ0n) is 16.3. The van der Waals surface area contributed by atoms with Gasteiger partial charge in [0.15, 0.2) is 0 Å². The molecule has 0 heterocycles. The fourth-order valence-electron chi connectivity index (χ4n) is 2.79. The number of carbonyl (C=O) groups excluding carboxylic acids is 2. The molecule has 2 N–H and O–H groups in total. The summed E-state index contributed by atoms with van der Waals surface area (Å²) in [6.07, 6.45) is -0.247. The molecule has 0 bridgehead atoms. The van der Waals surface area contributed by atoms with Crippen molar-refractivity contribution in [2.24, 2.45) is 0 Å². The second kappa shape index (κ2) is 9.62. The van der Waals surface area contributed by atoms with E-state index in [4.69, 9.17) is 4.74 Å². The molecule has 0 fully saturated rings. The highest BCUT2D eigenvalue weighted by atomic mass is 16.5. The van der Waals surface area contributed by atoms with Gasteiger partial charge in [0.05, 0.1) is 7.11 Å². The van der Waals surface area contributed by atoms with E-state index < -0.39 is 0 Å². The van der Waals surface area contributed by atoms with Gasteiger partial charge < -0.3 is 20.3 Å². The van der Waals surface area contributed by atoms with Crippen LogP contribution in [0.25, 0.3) is 0 Å². The molecule has 0 saturated carbocycles. The Balaban J connectivity index is 1.93. The van der Waals surface area contributed by atoms with Crippen molar-refractivity contribution in [1.29, 1.82) is 0 Å². The molecule has 2 rings (SSSR count). The van der Waals surface area contributed by atoms with Crippen molar-refractivity contribution >= 4 is 28.9 Å². The minimum Gasteiger partial charge on any atom is -0.497 e. The van der Waals surface area contributed by atoms with Gasteiger partial charge >= 0.3 is 0 Å². The minimum absolute atomic E-state index is 0.247. The van der Waals surface area contributed by atoms with Gasteiger partial charge in [-0.3, -0.25) is 9.59 Å². The molecule has 0 aliphatic heterocycles. The standard InChI is InChI=1S/C21H27N3O3/c1-5-24(6-2)17-9-12-19(15(3)13-17)23-21(26)14-20(25)22-16-7-10-18(27-4)11-8-16/h7-13H,5-6,14H2,1-4H3,(H,22,25)(H,23,26). The van der Waals surface area contributed by atoms with Crippen LogP contribution in [0, 0.1) is 6.92 Å². The summed E-state index contributed by atoms with van der Waals surface area (Å²) >= 11 is 0. The van der Waals surface area contributed by atoms with Crippen molar-refractivity contribution in [3.05, 3.63) is 48.0 Å². The summed E-state index contributed by atoms with van der Waals surface area (Å²) in [5, 5.41) is 5.51. The molecule has 0 atom stereocenters. The van der Waals surface area contributed by atoms with E-state index in [0.29, 0.717) is 17.1 Å². The number of ether oxygens (including phenoxy) is 1. The van der Waals surface area contributed by atoms with E-state index in [1.165, 1.54) is 0 Å². The van der Waals surface area contributed by atoms with Gasteiger partial charge in [-0.2, -0.15) is 0 Å². The molecule has 0 unspecified atom stereocenters. The fraction of sp³-hybridized carbons (Fsp3) is 0.333. The fourth-order valence-corrected chi connectivity index (χ4v) is 2.79. The first-order chi connectivity index (χ1) is 13.0. The third-order valence-electron chi connectivity index (χ3n) is 4.31. The first-order valence-electron chi connectivity index (χ1n) is 9.06. The van der Waals surface area contributed by atoms with Crippen LogP contribution in [0.4, 0.5) is 17.1 Å². The van der Waals surface area contributed by atoms with E-state index in [0.717, 1.165) is 24.3 Å². The van der Waals surface area contributed by atoms with Crippen molar-refractivity contribution in [3.8, 4) is 5.75 Å². The molecule has 0 spiro atoms. The summed E-state index contributed by atoms with van der Waals surface area (Å²) in [4.78, 5) is 26.5. The summed E-state index contributed by atoms with van der Waals surface area (Å²) in [5.41, 5.74) is 3.41. The highest BCUT2D eigenvalue weighted by molar-refractivity contribution is 6.08. The lowest BCUT2D eigenvalue weighted by Crippen LogP contribution is -2.23. The third-order valence-corrected chi connectivity index (χ3v) is 4.31. The van der Waals surface area contributed by atoms with Crippen molar-refractivity contribution in [1.82, 2.24) is 0 Å². The van der Waals surface area contributed by atoms with Crippen LogP contribution in [-0.4, -0.2) is 32.0 Å². The number of nitrogens with one attached hydrogen (secondary N) is 2. The van der Waals surface area contributed by atoms with Gasteiger partial charge in [-0.1, -0.05) is 0 Å². The Labute approximate surface area is 160 Å². The number of hydrogen-bond acceptors (Lipinski definition) is 4. The first-order valence-corrected chi connectivity index (χ1v) is 9.06. The summed E-state index contributed by atoms with van der Waals surface area (Å²) in [6.45, 7) is 8.01. The number of amides is 2. The highest BCUT2D eigenvalue weighted by Gasteiger charge is 2.12. The van der Waals surface area contributed by atoms with E-state index in [-0.39, 0.29) is 18.2 Å². The van der Waals surface area contributed by atoms with Gasteiger partial charge in [-0.05, 0) is 68.8 Å². The zero-order valence-corrected chi connectivity index (χ0v) is 16.3. The molecule has 2 aromatic rings. The number of nitrogens with zero attached hydrogens (tertiary/aromatic N) is 1. The predicted octanol–water partition coefficient (Wildman–Crippen LogP) is 3.82.